The molecule has 3 rings (SSSR count). The Morgan fingerprint density at radius 2 is 2.07 bits per heavy atom. The number of amides is 1. The highest BCUT2D eigenvalue weighted by Crippen LogP contribution is 2.30. The molecule has 1 amide bonds. The first-order valence-electron chi connectivity index (χ1n) is 8.42. The number of methoxy groups -OCH3 is 1. The molecule has 29 heavy (non-hydrogen) atoms. The molecule has 1 aromatic carbocycles. The zero-order valence-electron chi connectivity index (χ0n) is 15.9. The van der Waals surface area contributed by atoms with Gasteiger partial charge in [-0.25, -0.2) is 4.98 Å². The number of carbonyl (C=O) groups is 1. The zero-order chi connectivity index (χ0) is 21.1. The van der Waals surface area contributed by atoms with Crippen LogP contribution in [0.2, 0.25) is 0 Å². The number of rotatable bonds is 5. The topological polar surface area (TPSA) is 120 Å². The molecule has 3 aromatic rings. The van der Waals surface area contributed by atoms with Gasteiger partial charge >= 0.3 is 5.69 Å². The number of fused-ring (bicyclic) bond motifs is 1. The lowest BCUT2D eigenvalue weighted by molar-refractivity contribution is -0.385. The van der Waals surface area contributed by atoms with Crippen LogP contribution in [-0.4, -0.2) is 52.8 Å². The van der Waals surface area contributed by atoms with Crippen LogP contribution < -0.4 is 10.3 Å². The third-order valence-corrected chi connectivity index (χ3v) is 4.01. The van der Waals surface area contributed by atoms with Gasteiger partial charge in [0.25, 0.3) is 11.5 Å². The van der Waals surface area contributed by atoms with Gasteiger partial charge in [-0.3, -0.25) is 24.3 Å². The summed E-state index contributed by atoms with van der Waals surface area (Å²) in [6, 6.07) is 8.83. The van der Waals surface area contributed by atoms with E-state index in [-0.39, 0.29) is 28.3 Å². The number of hydrogen-bond acceptors (Lipinski definition) is 6. The second-order valence-corrected chi connectivity index (χ2v) is 6.25. The molecule has 0 aliphatic carbocycles. The van der Waals surface area contributed by atoms with Crippen LogP contribution in [0, 0.1) is 10.1 Å². The predicted octanol–water partition coefficient (Wildman–Crippen LogP) is 2.03. The van der Waals surface area contributed by atoms with Crippen molar-refractivity contribution in [1.82, 2.24) is 14.5 Å². The summed E-state index contributed by atoms with van der Waals surface area (Å²) in [5.74, 6) is -0.305. The Labute approximate surface area is 164 Å². The van der Waals surface area contributed by atoms with Crippen LogP contribution in [0.4, 0.5) is 5.69 Å². The number of nitro benzene ring substituents is 1. The van der Waals surface area contributed by atoms with E-state index in [9.17, 15) is 19.7 Å². The zero-order valence-corrected chi connectivity index (χ0v) is 15.9. The average Bonchev–Trinajstić information content (AvgIpc) is 2.71. The highest BCUT2D eigenvalue weighted by molar-refractivity contribution is 5.97. The van der Waals surface area contributed by atoms with E-state index in [0.29, 0.717) is 5.39 Å². The highest BCUT2D eigenvalue weighted by Gasteiger charge is 2.18. The molecule has 2 aromatic heterocycles. The van der Waals surface area contributed by atoms with Gasteiger partial charge in [0.2, 0.25) is 0 Å². The molecule has 0 aliphatic rings. The lowest BCUT2D eigenvalue weighted by atomic mass is 10.1. The molecule has 0 atom stereocenters. The summed E-state index contributed by atoms with van der Waals surface area (Å²) < 4.78 is 6.25. The first-order chi connectivity index (χ1) is 13.8. The normalized spacial score (nSPS) is 11.0. The molecule has 10 nitrogen and oxygen atoms in total. The summed E-state index contributed by atoms with van der Waals surface area (Å²) in [4.78, 5) is 45.3. The third-order valence-electron chi connectivity index (χ3n) is 4.01. The van der Waals surface area contributed by atoms with Crippen LogP contribution in [-0.2, 0) is 0 Å². The fraction of sp³-hybridized carbons (Fsp3) is 0.158. The maximum absolute atomic E-state index is 12.9. The van der Waals surface area contributed by atoms with Crippen LogP contribution in [0.3, 0.4) is 0 Å². The summed E-state index contributed by atoms with van der Waals surface area (Å²) in [5, 5.41) is 11.9. The number of benzene rings is 1. The molecule has 0 unspecified atom stereocenters. The molecule has 0 radical (unpaired) electrons. The Hall–Kier alpha value is -4.08. The Balaban J connectivity index is 2.12. The maximum Gasteiger partial charge on any atom is 0.311 e. The Morgan fingerprint density at radius 1 is 1.31 bits per heavy atom. The Bertz CT molecular complexity index is 1200. The van der Waals surface area contributed by atoms with Crippen molar-refractivity contribution in [2.24, 2.45) is 4.99 Å². The van der Waals surface area contributed by atoms with Crippen LogP contribution in [0.15, 0.2) is 52.4 Å². The molecule has 0 saturated carbocycles. The van der Waals surface area contributed by atoms with Crippen molar-refractivity contribution in [1.29, 1.82) is 0 Å². The fourth-order valence-corrected chi connectivity index (χ4v) is 2.66. The second-order valence-electron chi connectivity index (χ2n) is 6.25. The number of pyridine rings is 2. The minimum Gasteiger partial charge on any atom is -0.490 e. The third kappa shape index (κ3) is 3.95. The molecule has 2 heterocycles. The molecular formula is C19H17N5O5. The molecule has 0 saturated heterocycles. The van der Waals surface area contributed by atoms with Gasteiger partial charge in [-0.2, -0.15) is 4.99 Å². The monoisotopic (exact) mass is 395 g/mol. The van der Waals surface area contributed by atoms with E-state index in [0.717, 1.165) is 0 Å². The van der Waals surface area contributed by atoms with Gasteiger partial charge in [-0.05, 0) is 29.7 Å². The SMILES string of the molecule is COc1cc2ccn(-c3cccc(C(=O)N=CN(C)C)n3)c(=O)c2cc1[N+](=O)[O-]. The minimum absolute atomic E-state index is 0.0594. The van der Waals surface area contributed by atoms with E-state index in [1.165, 1.54) is 42.4 Å². The smallest absolute Gasteiger partial charge is 0.311 e. The largest absolute Gasteiger partial charge is 0.490 e. The summed E-state index contributed by atoms with van der Waals surface area (Å²) in [6.45, 7) is 0. The quantitative estimate of drug-likeness (QED) is 0.280. The number of carbonyl (C=O) groups excluding carboxylic acids is 1. The van der Waals surface area contributed by atoms with Crippen molar-refractivity contribution in [3.05, 3.63) is 68.8 Å². The van der Waals surface area contributed by atoms with E-state index in [1.807, 2.05) is 0 Å². The summed E-state index contributed by atoms with van der Waals surface area (Å²) >= 11 is 0. The van der Waals surface area contributed by atoms with E-state index < -0.39 is 16.4 Å². The molecule has 0 fully saturated rings. The standard InChI is InChI=1S/C19H17N5O5/c1-22(2)11-20-18(25)14-5-4-6-17(21-14)23-8-7-12-9-16(29-3)15(24(27)28)10-13(12)19(23)26/h4-11H,1-3H3. The Kier molecular flexibility index (Phi) is 5.35. The van der Waals surface area contributed by atoms with Gasteiger partial charge in [-0.15, -0.1) is 0 Å². The number of aromatic nitrogens is 2. The van der Waals surface area contributed by atoms with Crippen molar-refractivity contribution in [3.63, 3.8) is 0 Å². The first-order valence-corrected chi connectivity index (χ1v) is 8.42. The van der Waals surface area contributed by atoms with Crippen LogP contribution in [0.25, 0.3) is 16.6 Å². The second kappa shape index (κ2) is 7.89. The number of nitro groups is 1. The molecule has 10 heteroatoms. The summed E-state index contributed by atoms with van der Waals surface area (Å²) in [5.41, 5.74) is -0.764. The van der Waals surface area contributed by atoms with Crippen LogP contribution in [0.5, 0.6) is 5.75 Å². The van der Waals surface area contributed by atoms with E-state index >= 15 is 0 Å². The van der Waals surface area contributed by atoms with Crippen molar-refractivity contribution in [3.8, 4) is 11.6 Å². The molecule has 0 spiro atoms. The number of ether oxygens (including phenoxy) is 1. The average molecular weight is 395 g/mol. The molecular weight excluding hydrogens is 378 g/mol. The van der Waals surface area contributed by atoms with Gasteiger partial charge in [0.1, 0.15) is 11.5 Å². The van der Waals surface area contributed by atoms with Crippen LogP contribution in [0.1, 0.15) is 10.5 Å². The van der Waals surface area contributed by atoms with E-state index in [2.05, 4.69) is 9.98 Å². The van der Waals surface area contributed by atoms with E-state index in [4.69, 9.17) is 4.74 Å². The number of hydrogen-bond donors (Lipinski definition) is 0. The van der Waals surface area contributed by atoms with Crippen molar-refractivity contribution in [2.45, 2.75) is 0 Å². The van der Waals surface area contributed by atoms with Crippen molar-refractivity contribution in [2.75, 3.05) is 21.2 Å². The number of nitrogens with zero attached hydrogens (tertiary/aromatic N) is 5. The molecule has 148 valence electrons. The Morgan fingerprint density at radius 3 is 2.72 bits per heavy atom. The molecule has 0 bridgehead atoms. The maximum atomic E-state index is 12.9. The lowest BCUT2D eigenvalue weighted by Gasteiger charge is -2.09. The number of aliphatic imine (C=N–C) groups is 1. The van der Waals surface area contributed by atoms with Gasteiger partial charge < -0.3 is 9.64 Å². The van der Waals surface area contributed by atoms with Gasteiger partial charge in [0.05, 0.1) is 23.8 Å². The van der Waals surface area contributed by atoms with Crippen LogP contribution >= 0.6 is 0 Å². The van der Waals surface area contributed by atoms with Gasteiger partial charge in [0, 0.05) is 26.4 Å². The molecule has 0 aliphatic heterocycles. The lowest BCUT2D eigenvalue weighted by Crippen LogP contribution is -2.19. The first kappa shape index (κ1) is 19.7. The van der Waals surface area contributed by atoms with Crippen molar-refractivity contribution < 1.29 is 14.5 Å². The summed E-state index contributed by atoms with van der Waals surface area (Å²) in [6.07, 6.45) is 2.83. The minimum atomic E-state index is -0.616. The summed E-state index contributed by atoms with van der Waals surface area (Å²) in [7, 11) is 4.77. The van der Waals surface area contributed by atoms with Gasteiger partial charge in [-0.1, -0.05) is 6.07 Å². The molecule has 0 N–H and O–H groups in total. The van der Waals surface area contributed by atoms with Crippen molar-refractivity contribution >= 4 is 28.7 Å². The highest BCUT2D eigenvalue weighted by atomic mass is 16.6. The van der Waals surface area contributed by atoms with E-state index in [1.54, 1.807) is 37.2 Å². The predicted molar refractivity (Wildman–Crippen MR) is 107 cm³/mol. The fourth-order valence-electron chi connectivity index (χ4n) is 2.66. The van der Waals surface area contributed by atoms with Gasteiger partial charge in [0.15, 0.2) is 5.75 Å².